The SMILES string of the molecule is COc1ccc2c(c1)cc(C(=O)N[C@@H](CC1CCCCC1)C(=O)N[C@H](C=O)C[C@@H]1CCNC1=O)n2C. The minimum absolute atomic E-state index is 0.0874. The Labute approximate surface area is 211 Å². The largest absolute Gasteiger partial charge is 0.497 e. The Morgan fingerprint density at radius 2 is 1.92 bits per heavy atom. The van der Waals surface area contributed by atoms with Crippen molar-refractivity contribution in [3.8, 4) is 5.75 Å². The number of ether oxygens (including phenoxy) is 1. The van der Waals surface area contributed by atoms with Crippen LogP contribution in [0.1, 0.15) is 61.9 Å². The van der Waals surface area contributed by atoms with Crippen molar-refractivity contribution in [2.24, 2.45) is 18.9 Å². The lowest BCUT2D eigenvalue weighted by Crippen LogP contribution is -2.51. The first-order valence-electron chi connectivity index (χ1n) is 12.9. The number of nitrogens with zero attached hydrogens (tertiary/aromatic N) is 1. The summed E-state index contributed by atoms with van der Waals surface area (Å²) in [4.78, 5) is 50.4. The van der Waals surface area contributed by atoms with E-state index in [1.165, 1.54) is 6.42 Å². The van der Waals surface area contributed by atoms with Crippen LogP contribution >= 0.6 is 0 Å². The predicted molar refractivity (Wildman–Crippen MR) is 136 cm³/mol. The first-order valence-corrected chi connectivity index (χ1v) is 12.9. The Bertz CT molecular complexity index is 1120. The van der Waals surface area contributed by atoms with Crippen LogP contribution in [-0.4, -0.2) is 54.3 Å². The number of carbonyl (C=O) groups is 4. The highest BCUT2D eigenvalue weighted by Gasteiger charge is 2.31. The first-order chi connectivity index (χ1) is 17.4. The van der Waals surface area contributed by atoms with Crippen molar-refractivity contribution in [3.63, 3.8) is 0 Å². The average molecular weight is 497 g/mol. The van der Waals surface area contributed by atoms with E-state index in [2.05, 4.69) is 16.0 Å². The molecule has 1 aliphatic heterocycles. The van der Waals surface area contributed by atoms with Gasteiger partial charge in [0.05, 0.1) is 13.2 Å². The lowest BCUT2D eigenvalue weighted by atomic mass is 9.84. The van der Waals surface area contributed by atoms with Crippen LogP contribution < -0.4 is 20.7 Å². The summed E-state index contributed by atoms with van der Waals surface area (Å²) in [7, 11) is 3.41. The average Bonchev–Trinajstić information content (AvgIpc) is 3.45. The van der Waals surface area contributed by atoms with Gasteiger partial charge in [-0.2, -0.15) is 0 Å². The number of hydrogen-bond acceptors (Lipinski definition) is 5. The quantitative estimate of drug-likeness (QED) is 0.437. The van der Waals surface area contributed by atoms with Crippen molar-refractivity contribution in [1.82, 2.24) is 20.5 Å². The summed E-state index contributed by atoms with van der Waals surface area (Å²) in [6.07, 6.45) is 7.57. The molecule has 9 nitrogen and oxygen atoms in total. The molecule has 1 aromatic carbocycles. The van der Waals surface area contributed by atoms with Gasteiger partial charge in [-0.05, 0) is 49.4 Å². The minimum Gasteiger partial charge on any atom is -0.497 e. The summed E-state index contributed by atoms with van der Waals surface area (Å²) in [6, 6.07) is 5.84. The van der Waals surface area contributed by atoms with E-state index in [0.717, 1.165) is 36.6 Å². The van der Waals surface area contributed by atoms with Gasteiger partial charge in [-0.1, -0.05) is 32.1 Å². The second kappa shape index (κ2) is 11.6. The molecule has 3 amide bonds. The topological polar surface area (TPSA) is 119 Å². The van der Waals surface area contributed by atoms with Crippen LogP contribution in [0.4, 0.5) is 0 Å². The van der Waals surface area contributed by atoms with Gasteiger partial charge < -0.3 is 30.0 Å². The molecule has 0 spiro atoms. The van der Waals surface area contributed by atoms with Crippen molar-refractivity contribution in [2.75, 3.05) is 13.7 Å². The summed E-state index contributed by atoms with van der Waals surface area (Å²) < 4.78 is 7.10. The van der Waals surface area contributed by atoms with Crippen molar-refractivity contribution in [3.05, 3.63) is 30.0 Å². The number of amides is 3. The second-order valence-electron chi connectivity index (χ2n) is 10.0. The van der Waals surface area contributed by atoms with E-state index in [4.69, 9.17) is 4.74 Å². The fraction of sp³-hybridized carbons (Fsp3) is 0.556. The number of hydrogen-bond donors (Lipinski definition) is 3. The van der Waals surface area contributed by atoms with Gasteiger partial charge in [0.15, 0.2) is 0 Å². The molecule has 1 aromatic heterocycles. The van der Waals surface area contributed by atoms with Crippen LogP contribution in [0.3, 0.4) is 0 Å². The number of fused-ring (bicyclic) bond motifs is 1. The van der Waals surface area contributed by atoms with Crippen LogP contribution in [0, 0.1) is 11.8 Å². The van der Waals surface area contributed by atoms with Gasteiger partial charge in [0.2, 0.25) is 11.8 Å². The third-order valence-corrected chi connectivity index (χ3v) is 7.59. The molecule has 0 radical (unpaired) electrons. The third-order valence-electron chi connectivity index (χ3n) is 7.59. The maximum absolute atomic E-state index is 13.4. The van der Waals surface area contributed by atoms with E-state index < -0.39 is 12.1 Å². The zero-order valence-electron chi connectivity index (χ0n) is 21.0. The van der Waals surface area contributed by atoms with E-state index >= 15 is 0 Å². The van der Waals surface area contributed by atoms with Gasteiger partial charge in [0.1, 0.15) is 23.8 Å². The molecular weight excluding hydrogens is 460 g/mol. The number of aldehydes is 1. The van der Waals surface area contributed by atoms with Gasteiger partial charge in [0.25, 0.3) is 5.91 Å². The normalized spacial score (nSPS) is 19.9. The van der Waals surface area contributed by atoms with Crippen LogP contribution in [0.15, 0.2) is 24.3 Å². The van der Waals surface area contributed by atoms with Gasteiger partial charge in [-0.25, -0.2) is 0 Å². The Hall–Kier alpha value is -3.36. The maximum Gasteiger partial charge on any atom is 0.268 e. The van der Waals surface area contributed by atoms with Gasteiger partial charge >= 0.3 is 0 Å². The van der Waals surface area contributed by atoms with Crippen molar-refractivity contribution in [1.29, 1.82) is 0 Å². The Kier molecular flexibility index (Phi) is 8.28. The maximum atomic E-state index is 13.4. The number of methoxy groups -OCH3 is 1. The van der Waals surface area contributed by atoms with E-state index in [1.807, 2.05) is 25.2 Å². The number of benzene rings is 1. The van der Waals surface area contributed by atoms with Crippen LogP contribution in [0.25, 0.3) is 10.9 Å². The molecule has 0 bridgehead atoms. The molecular formula is C27H36N4O5. The summed E-state index contributed by atoms with van der Waals surface area (Å²) in [5.74, 6) is -0.0751. The molecule has 9 heteroatoms. The molecule has 194 valence electrons. The number of aryl methyl sites for hydroxylation is 1. The Morgan fingerprint density at radius 3 is 2.58 bits per heavy atom. The lowest BCUT2D eigenvalue weighted by molar-refractivity contribution is -0.127. The highest BCUT2D eigenvalue weighted by atomic mass is 16.5. The Morgan fingerprint density at radius 1 is 1.14 bits per heavy atom. The molecule has 1 aliphatic carbocycles. The highest BCUT2D eigenvalue weighted by molar-refractivity contribution is 6.01. The molecule has 0 unspecified atom stereocenters. The van der Waals surface area contributed by atoms with Crippen molar-refractivity contribution < 1.29 is 23.9 Å². The fourth-order valence-electron chi connectivity index (χ4n) is 5.50. The Balaban J connectivity index is 1.50. The number of aromatic nitrogens is 1. The van der Waals surface area contributed by atoms with Crippen LogP contribution in [0.2, 0.25) is 0 Å². The number of carbonyl (C=O) groups excluding carboxylic acids is 4. The molecule has 3 atom stereocenters. The van der Waals surface area contributed by atoms with E-state index in [1.54, 1.807) is 17.7 Å². The first kappa shape index (κ1) is 25.7. The number of nitrogens with one attached hydrogen (secondary N) is 3. The van der Waals surface area contributed by atoms with E-state index in [0.29, 0.717) is 43.0 Å². The van der Waals surface area contributed by atoms with E-state index in [9.17, 15) is 19.2 Å². The summed E-state index contributed by atoms with van der Waals surface area (Å²) in [5.41, 5.74) is 1.32. The zero-order chi connectivity index (χ0) is 25.7. The molecule has 4 rings (SSSR count). The third kappa shape index (κ3) is 5.88. The molecule has 2 fully saturated rings. The standard InChI is InChI=1S/C27H36N4O5/c1-31-23-9-8-21(36-2)14-19(23)15-24(31)27(35)30-22(12-17-6-4-3-5-7-17)26(34)29-20(16-32)13-18-10-11-28-25(18)33/h8-9,14-18,20,22H,3-7,10-13H2,1-2H3,(H,28,33)(H,29,34)(H,30,35)/t18-,20-,22-/m0/s1. The highest BCUT2D eigenvalue weighted by Crippen LogP contribution is 2.28. The molecule has 2 aliphatic rings. The second-order valence-corrected chi connectivity index (χ2v) is 10.0. The van der Waals surface area contributed by atoms with Gasteiger partial charge in [0, 0.05) is 30.4 Å². The summed E-state index contributed by atoms with van der Waals surface area (Å²) in [5, 5.41) is 9.37. The van der Waals surface area contributed by atoms with Gasteiger partial charge in [-0.3, -0.25) is 14.4 Å². The molecule has 2 aromatic rings. The molecule has 3 N–H and O–H groups in total. The lowest BCUT2D eigenvalue weighted by Gasteiger charge is -2.27. The molecule has 36 heavy (non-hydrogen) atoms. The molecule has 1 saturated carbocycles. The van der Waals surface area contributed by atoms with Gasteiger partial charge in [-0.15, -0.1) is 0 Å². The monoisotopic (exact) mass is 496 g/mol. The number of rotatable bonds is 10. The van der Waals surface area contributed by atoms with Crippen LogP contribution in [0.5, 0.6) is 5.75 Å². The van der Waals surface area contributed by atoms with Crippen molar-refractivity contribution in [2.45, 2.75) is 63.5 Å². The van der Waals surface area contributed by atoms with E-state index in [-0.39, 0.29) is 30.1 Å². The minimum atomic E-state index is -0.776. The van der Waals surface area contributed by atoms with Crippen molar-refractivity contribution >= 4 is 34.9 Å². The summed E-state index contributed by atoms with van der Waals surface area (Å²) >= 11 is 0. The molecule has 1 saturated heterocycles. The fourth-order valence-corrected chi connectivity index (χ4v) is 5.50. The smallest absolute Gasteiger partial charge is 0.268 e. The zero-order valence-corrected chi connectivity index (χ0v) is 21.0. The summed E-state index contributed by atoms with van der Waals surface area (Å²) in [6.45, 7) is 0.584. The predicted octanol–water partition coefficient (Wildman–Crippen LogP) is 2.47. The van der Waals surface area contributed by atoms with Crippen LogP contribution in [-0.2, 0) is 21.4 Å². The molecule has 2 heterocycles.